The lowest BCUT2D eigenvalue weighted by atomic mass is 9.57. The molecule has 0 heterocycles. The zero-order valence-corrected chi connectivity index (χ0v) is 10.9. The van der Waals surface area contributed by atoms with E-state index in [-0.39, 0.29) is 0 Å². The van der Waals surface area contributed by atoms with Gasteiger partial charge in [0.1, 0.15) is 5.75 Å². The molecule has 0 amide bonds. The number of phenols is 1. The standard InChI is InChI=1S/C16H22O/c1-11-5-7-16(2)8-6-12-10-13(17)3-4-14(12)15(16)9-11/h3-4,10-11,15,17H,5-9H2,1-2H3/t11?,15-,16+/m1/s1. The van der Waals surface area contributed by atoms with E-state index >= 15 is 0 Å². The lowest BCUT2D eigenvalue weighted by Crippen LogP contribution is -2.36. The number of hydrogen-bond acceptors (Lipinski definition) is 1. The molecule has 0 spiro atoms. The monoisotopic (exact) mass is 230 g/mol. The molecule has 0 bridgehead atoms. The van der Waals surface area contributed by atoms with Gasteiger partial charge in [-0.25, -0.2) is 0 Å². The molecule has 0 saturated heterocycles. The van der Waals surface area contributed by atoms with Crippen LogP contribution in [0, 0.1) is 11.3 Å². The number of hydrogen-bond donors (Lipinski definition) is 1. The highest BCUT2D eigenvalue weighted by Crippen LogP contribution is 2.55. The number of fused-ring (bicyclic) bond motifs is 3. The van der Waals surface area contributed by atoms with Crippen molar-refractivity contribution in [3.63, 3.8) is 0 Å². The SMILES string of the molecule is CC1CC[C@@]2(C)CCc3cc(O)ccc3[C@H]2C1. The molecule has 2 aliphatic carbocycles. The number of phenolic OH excluding ortho intramolecular Hbond substituents is 1. The molecule has 2 aliphatic rings. The molecule has 3 rings (SSSR count). The van der Waals surface area contributed by atoms with Crippen molar-refractivity contribution < 1.29 is 5.11 Å². The quantitative estimate of drug-likeness (QED) is 0.706. The van der Waals surface area contributed by atoms with Gasteiger partial charge in [-0.3, -0.25) is 0 Å². The minimum Gasteiger partial charge on any atom is -0.508 e. The van der Waals surface area contributed by atoms with Crippen molar-refractivity contribution in [1.82, 2.24) is 0 Å². The first kappa shape index (κ1) is 11.1. The maximum Gasteiger partial charge on any atom is 0.115 e. The van der Waals surface area contributed by atoms with Gasteiger partial charge in [0, 0.05) is 0 Å². The van der Waals surface area contributed by atoms with Gasteiger partial charge in [-0.15, -0.1) is 0 Å². The van der Waals surface area contributed by atoms with Gasteiger partial charge >= 0.3 is 0 Å². The van der Waals surface area contributed by atoms with E-state index in [1.165, 1.54) is 36.8 Å². The third-order valence-corrected chi connectivity index (χ3v) is 5.16. The van der Waals surface area contributed by atoms with Crippen LogP contribution in [0.1, 0.15) is 56.6 Å². The second kappa shape index (κ2) is 3.76. The Morgan fingerprint density at radius 3 is 2.94 bits per heavy atom. The maximum atomic E-state index is 9.60. The molecule has 0 aliphatic heterocycles. The molecule has 1 nitrogen and oxygen atoms in total. The first-order chi connectivity index (χ1) is 8.08. The van der Waals surface area contributed by atoms with Gasteiger partial charge in [-0.1, -0.05) is 26.3 Å². The summed E-state index contributed by atoms with van der Waals surface area (Å²) in [4.78, 5) is 0. The Morgan fingerprint density at radius 1 is 1.29 bits per heavy atom. The summed E-state index contributed by atoms with van der Waals surface area (Å²) >= 11 is 0. The first-order valence-electron chi connectivity index (χ1n) is 6.90. The van der Waals surface area contributed by atoms with Crippen LogP contribution >= 0.6 is 0 Å². The smallest absolute Gasteiger partial charge is 0.115 e. The van der Waals surface area contributed by atoms with Crippen LogP contribution in [0.5, 0.6) is 5.75 Å². The molecule has 1 unspecified atom stereocenters. The van der Waals surface area contributed by atoms with Gasteiger partial charge in [0.2, 0.25) is 0 Å². The Hall–Kier alpha value is -0.980. The van der Waals surface area contributed by atoms with Gasteiger partial charge in [0.25, 0.3) is 0 Å². The van der Waals surface area contributed by atoms with Crippen LogP contribution in [0.3, 0.4) is 0 Å². The van der Waals surface area contributed by atoms with Crippen LogP contribution in [0.4, 0.5) is 0 Å². The average Bonchev–Trinajstić information content (AvgIpc) is 2.30. The van der Waals surface area contributed by atoms with Crippen LogP contribution < -0.4 is 0 Å². The first-order valence-corrected chi connectivity index (χ1v) is 6.90. The molecule has 0 aromatic heterocycles. The summed E-state index contributed by atoms with van der Waals surface area (Å²) in [6.45, 7) is 4.85. The number of aromatic hydroxyl groups is 1. The van der Waals surface area contributed by atoms with Gasteiger partial charge < -0.3 is 5.11 Å². The van der Waals surface area contributed by atoms with Gasteiger partial charge in [0.05, 0.1) is 0 Å². The topological polar surface area (TPSA) is 20.2 Å². The summed E-state index contributed by atoms with van der Waals surface area (Å²) in [5, 5.41) is 9.60. The van der Waals surface area contributed by atoms with E-state index in [2.05, 4.69) is 19.9 Å². The third-order valence-electron chi connectivity index (χ3n) is 5.16. The molecule has 0 radical (unpaired) electrons. The number of rotatable bonds is 0. The number of benzene rings is 1. The highest BCUT2D eigenvalue weighted by atomic mass is 16.3. The molecular formula is C16H22O. The van der Waals surface area contributed by atoms with Crippen LogP contribution in [0.15, 0.2) is 18.2 Å². The van der Waals surface area contributed by atoms with Gasteiger partial charge in [0.15, 0.2) is 0 Å². The van der Waals surface area contributed by atoms with Crippen LogP contribution in [-0.4, -0.2) is 5.11 Å². The fraction of sp³-hybridized carbons (Fsp3) is 0.625. The molecule has 1 aromatic rings. The summed E-state index contributed by atoms with van der Waals surface area (Å²) in [6, 6.07) is 6.02. The Kier molecular flexibility index (Phi) is 2.46. The summed E-state index contributed by atoms with van der Waals surface area (Å²) in [5.74, 6) is 2.00. The summed E-state index contributed by atoms with van der Waals surface area (Å²) in [6.07, 6.45) is 6.53. The van der Waals surface area contributed by atoms with Crippen molar-refractivity contribution in [2.24, 2.45) is 11.3 Å². The molecule has 17 heavy (non-hydrogen) atoms. The summed E-state index contributed by atoms with van der Waals surface area (Å²) < 4.78 is 0. The maximum absolute atomic E-state index is 9.60. The Bertz CT molecular complexity index is 437. The van der Waals surface area contributed by atoms with Gasteiger partial charge in [-0.2, -0.15) is 0 Å². The molecule has 3 atom stereocenters. The van der Waals surface area contributed by atoms with Crippen molar-refractivity contribution in [2.75, 3.05) is 0 Å². The zero-order valence-electron chi connectivity index (χ0n) is 10.9. The van der Waals surface area contributed by atoms with E-state index < -0.39 is 0 Å². The minimum absolute atomic E-state index is 0.427. The van der Waals surface area contributed by atoms with Crippen LogP contribution in [-0.2, 0) is 6.42 Å². The Labute approximate surface area is 104 Å². The van der Waals surface area contributed by atoms with Gasteiger partial charge in [-0.05, 0) is 66.2 Å². The van der Waals surface area contributed by atoms with E-state index in [9.17, 15) is 5.11 Å². The molecule has 1 heteroatoms. The van der Waals surface area contributed by atoms with Crippen molar-refractivity contribution in [1.29, 1.82) is 0 Å². The lowest BCUT2D eigenvalue weighted by Gasteiger charge is -2.48. The highest BCUT2D eigenvalue weighted by molar-refractivity contribution is 5.40. The molecular weight excluding hydrogens is 208 g/mol. The fourth-order valence-electron chi connectivity index (χ4n) is 3.93. The lowest BCUT2D eigenvalue weighted by molar-refractivity contribution is 0.117. The average molecular weight is 230 g/mol. The van der Waals surface area contributed by atoms with Crippen molar-refractivity contribution in [3.8, 4) is 5.75 Å². The van der Waals surface area contributed by atoms with E-state index in [0.29, 0.717) is 11.2 Å². The minimum atomic E-state index is 0.427. The predicted molar refractivity (Wildman–Crippen MR) is 70.3 cm³/mol. The number of aryl methyl sites for hydroxylation is 1. The molecule has 1 saturated carbocycles. The molecule has 1 N–H and O–H groups in total. The summed E-state index contributed by atoms with van der Waals surface area (Å²) in [5.41, 5.74) is 3.42. The summed E-state index contributed by atoms with van der Waals surface area (Å²) in [7, 11) is 0. The van der Waals surface area contributed by atoms with E-state index in [1.807, 2.05) is 12.1 Å². The molecule has 1 aromatic carbocycles. The predicted octanol–water partition coefficient (Wildman–Crippen LogP) is 4.25. The normalized spacial score (nSPS) is 36.1. The van der Waals surface area contributed by atoms with E-state index in [4.69, 9.17) is 0 Å². The van der Waals surface area contributed by atoms with Crippen molar-refractivity contribution in [2.45, 2.75) is 51.9 Å². The van der Waals surface area contributed by atoms with Crippen molar-refractivity contribution in [3.05, 3.63) is 29.3 Å². The second-order valence-electron chi connectivity index (χ2n) is 6.47. The molecule has 92 valence electrons. The van der Waals surface area contributed by atoms with Crippen LogP contribution in [0.25, 0.3) is 0 Å². The third kappa shape index (κ3) is 1.76. The highest BCUT2D eigenvalue weighted by Gasteiger charge is 2.42. The largest absolute Gasteiger partial charge is 0.508 e. The second-order valence-corrected chi connectivity index (χ2v) is 6.47. The van der Waals surface area contributed by atoms with Crippen LogP contribution in [0.2, 0.25) is 0 Å². The van der Waals surface area contributed by atoms with E-state index in [1.54, 1.807) is 0 Å². The fourth-order valence-corrected chi connectivity index (χ4v) is 3.93. The Morgan fingerprint density at radius 2 is 2.12 bits per heavy atom. The Balaban J connectivity index is 2.03. The molecule has 1 fully saturated rings. The zero-order chi connectivity index (χ0) is 12.0. The van der Waals surface area contributed by atoms with E-state index in [0.717, 1.165) is 18.3 Å². The van der Waals surface area contributed by atoms with Crippen molar-refractivity contribution >= 4 is 0 Å².